The van der Waals surface area contributed by atoms with Crippen LogP contribution in [0.4, 0.5) is 0 Å². The highest BCUT2D eigenvalue weighted by Crippen LogP contribution is 2.29. The number of methoxy groups -OCH3 is 1. The van der Waals surface area contributed by atoms with E-state index in [0.29, 0.717) is 23.8 Å². The zero-order valence-corrected chi connectivity index (χ0v) is 20.6. The third kappa shape index (κ3) is 6.31. The number of thioether (sulfide) groups is 1. The van der Waals surface area contributed by atoms with Crippen molar-refractivity contribution in [3.8, 4) is 5.75 Å². The lowest BCUT2D eigenvalue weighted by Crippen LogP contribution is -2.39. The monoisotopic (exact) mass is 484 g/mol. The highest BCUT2D eigenvalue weighted by molar-refractivity contribution is 8.00. The first-order valence-corrected chi connectivity index (χ1v) is 12.9. The zero-order chi connectivity index (χ0) is 23.2. The van der Waals surface area contributed by atoms with Gasteiger partial charge in [0.15, 0.2) is 5.78 Å². The summed E-state index contributed by atoms with van der Waals surface area (Å²) in [7, 11) is 1.62. The van der Waals surface area contributed by atoms with Gasteiger partial charge in [-0.3, -0.25) is 14.5 Å². The van der Waals surface area contributed by atoms with Crippen molar-refractivity contribution in [3.05, 3.63) is 45.9 Å². The molecule has 1 fully saturated rings. The predicted molar refractivity (Wildman–Crippen MR) is 132 cm³/mol. The normalized spacial score (nSPS) is 14.4. The zero-order valence-electron chi connectivity index (χ0n) is 18.9. The number of aryl methyl sites for hydroxylation is 1. The van der Waals surface area contributed by atoms with Gasteiger partial charge in [0.05, 0.1) is 36.3 Å². The van der Waals surface area contributed by atoms with Gasteiger partial charge < -0.3 is 10.1 Å². The van der Waals surface area contributed by atoms with Crippen molar-refractivity contribution in [3.63, 3.8) is 0 Å². The number of carbonyl (C=O) groups excluding carboxylic acids is 2. The molecule has 0 atom stereocenters. The van der Waals surface area contributed by atoms with Crippen LogP contribution in [0.5, 0.6) is 5.75 Å². The van der Waals surface area contributed by atoms with Crippen LogP contribution in [0.3, 0.4) is 0 Å². The standard InChI is InChI=1S/C24H28N4O3S2/c1-16-26-20-8-6-17(31-2)12-19(20)24(27-16)32-15-21(29)22-9-7-18(33-22)13-25-23(30)14-28-10-4-3-5-11-28/h6-9,12H,3-5,10-11,13-15H2,1-2H3,(H,25,30). The van der Waals surface area contributed by atoms with Crippen molar-refractivity contribution in [2.24, 2.45) is 0 Å². The van der Waals surface area contributed by atoms with Crippen LogP contribution in [-0.4, -0.2) is 59.1 Å². The number of hydrogen-bond acceptors (Lipinski definition) is 8. The number of carbonyl (C=O) groups is 2. The van der Waals surface area contributed by atoms with E-state index in [0.717, 1.165) is 39.6 Å². The van der Waals surface area contributed by atoms with Crippen LogP contribution < -0.4 is 10.1 Å². The van der Waals surface area contributed by atoms with Crippen LogP contribution >= 0.6 is 23.1 Å². The molecule has 0 aliphatic carbocycles. The van der Waals surface area contributed by atoms with Gasteiger partial charge >= 0.3 is 0 Å². The molecule has 9 heteroatoms. The molecule has 4 rings (SSSR count). The molecule has 0 radical (unpaired) electrons. The maximum absolute atomic E-state index is 12.8. The number of fused-ring (bicyclic) bond motifs is 1. The minimum absolute atomic E-state index is 0.0372. The van der Waals surface area contributed by atoms with Gasteiger partial charge in [0.2, 0.25) is 5.91 Å². The topological polar surface area (TPSA) is 84.4 Å². The molecule has 3 heterocycles. The summed E-state index contributed by atoms with van der Waals surface area (Å²) in [6, 6.07) is 9.43. The van der Waals surface area contributed by atoms with Crippen molar-refractivity contribution < 1.29 is 14.3 Å². The molecule has 2 aromatic heterocycles. The maximum atomic E-state index is 12.8. The van der Waals surface area contributed by atoms with Gasteiger partial charge in [-0.2, -0.15) is 0 Å². The van der Waals surface area contributed by atoms with Crippen LogP contribution in [0.15, 0.2) is 35.4 Å². The van der Waals surface area contributed by atoms with Crippen LogP contribution in [0, 0.1) is 6.92 Å². The summed E-state index contributed by atoms with van der Waals surface area (Å²) in [6.07, 6.45) is 3.59. The van der Waals surface area contributed by atoms with E-state index in [9.17, 15) is 9.59 Å². The van der Waals surface area contributed by atoms with E-state index < -0.39 is 0 Å². The van der Waals surface area contributed by atoms with Gasteiger partial charge in [0.1, 0.15) is 16.6 Å². The number of likely N-dealkylation sites (tertiary alicyclic amines) is 1. The van der Waals surface area contributed by atoms with Crippen LogP contribution in [-0.2, 0) is 11.3 Å². The van der Waals surface area contributed by atoms with E-state index in [1.807, 2.05) is 37.3 Å². The first-order chi connectivity index (χ1) is 16.0. The lowest BCUT2D eigenvalue weighted by molar-refractivity contribution is -0.122. The van der Waals surface area contributed by atoms with Crippen LogP contribution in [0.1, 0.15) is 39.6 Å². The average Bonchev–Trinajstić information content (AvgIpc) is 3.30. The minimum Gasteiger partial charge on any atom is -0.497 e. The minimum atomic E-state index is 0.0372. The molecule has 33 heavy (non-hydrogen) atoms. The van der Waals surface area contributed by atoms with Gasteiger partial charge in [0.25, 0.3) is 0 Å². The number of nitrogens with zero attached hydrogens (tertiary/aromatic N) is 3. The fraction of sp³-hybridized carbons (Fsp3) is 0.417. The van der Waals surface area contributed by atoms with E-state index in [-0.39, 0.29) is 17.4 Å². The molecule has 3 aromatic rings. The molecular weight excluding hydrogens is 456 g/mol. The molecule has 1 amide bonds. The number of nitrogens with one attached hydrogen (secondary N) is 1. The van der Waals surface area contributed by atoms with Gasteiger partial charge in [-0.25, -0.2) is 9.97 Å². The largest absolute Gasteiger partial charge is 0.497 e. The molecule has 1 aliphatic heterocycles. The summed E-state index contributed by atoms with van der Waals surface area (Å²) in [5.41, 5.74) is 0.831. The lowest BCUT2D eigenvalue weighted by atomic mass is 10.1. The number of Topliss-reactive ketones (excluding diaryl/α,β-unsaturated/α-hetero) is 1. The second-order valence-electron chi connectivity index (χ2n) is 8.05. The Hall–Kier alpha value is -2.49. The smallest absolute Gasteiger partial charge is 0.234 e. The van der Waals surface area contributed by atoms with E-state index in [1.165, 1.54) is 42.4 Å². The second kappa shape index (κ2) is 11.1. The van der Waals surface area contributed by atoms with E-state index in [2.05, 4.69) is 20.2 Å². The van der Waals surface area contributed by atoms with E-state index in [1.54, 1.807) is 7.11 Å². The first-order valence-electron chi connectivity index (χ1n) is 11.1. The molecule has 0 saturated carbocycles. The average molecular weight is 485 g/mol. The fourth-order valence-corrected chi connectivity index (χ4v) is 5.73. The third-order valence-electron chi connectivity index (χ3n) is 5.53. The van der Waals surface area contributed by atoms with Crippen LogP contribution in [0.25, 0.3) is 10.9 Å². The highest BCUT2D eigenvalue weighted by atomic mass is 32.2. The van der Waals surface area contributed by atoms with Crippen molar-refractivity contribution in [1.82, 2.24) is 20.2 Å². The molecule has 1 N–H and O–H groups in total. The van der Waals surface area contributed by atoms with Gasteiger partial charge in [-0.1, -0.05) is 18.2 Å². The maximum Gasteiger partial charge on any atom is 0.234 e. The molecule has 0 unspecified atom stereocenters. The van der Waals surface area contributed by atoms with Gasteiger partial charge in [-0.05, 0) is 63.2 Å². The Morgan fingerprint density at radius 3 is 2.76 bits per heavy atom. The number of ether oxygens (including phenoxy) is 1. The van der Waals surface area contributed by atoms with Crippen molar-refractivity contribution in [1.29, 1.82) is 0 Å². The number of rotatable bonds is 9. The summed E-state index contributed by atoms with van der Waals surface area (Å²) < 4.78 is 5.32. The number of hydrogen-bond donors (Lipinski definition) is 1. The fourth-order valence-electron chi connectivity index (χ4n) is 3.82. The Morgan fingerprint density at radius 2 is 1.97 bits per heavy atom. The second-order valence-corrected chi connectivity index (χ2v) is 10.2. The molecular formula is C24H28N4O3S2. The number of thiophene rings is 1. The molecule has 1 saturated heterocycles. The SMILES string of the molecule is COc1ccc2nc(C)nc(SCC(=O)c3ccc(CNC(=O)CN4CCCCC4)s3)c2c1. The molecule has 1 aliphatic rings. The van der Waals surface area contributed by atoms with Crippen LogP contribution in [0.2, 0.25) is 0 Å². The first kappa shape index (κ1) is 23.7. The number of amides is 1. The number of piperidine rings is 1. The highest BCUT2D eigenvalue weighted by Gasteiger charge is 2.16. The third-order valence-corrected chi connectivity index (χ3v) is 7.65. The summed E-state index contributed by atoms with van der Waals surface area (Å²) in [4.78, 5) is 37.9. The number of aromatic nitrogens is 2. The van der Waals surface area contributed by atoms with Crippen molar-refractivity contribution >= 4 is 45.7 Å². The number of benzene rings is 1. The summed E-state index contributed by atoms with van der Waals surface area (Å²) in [6.45, 7) is 4.74. The van der Waals surface area contributed by atoms with Gasteiger partial charge in [-0.15, -0.1) is 11.3 Å². The lowest BCUT2D eigenvalue weighted by Gasteiger charge is -2.25. The Balaban J connectivity index is 1.33. The van der Waals surface area contributed by atoms with E-state index >= 15 is 0 Å². The van der Waals surface area contributed by atoms with E-state index in [4.69, 9.17) is 4.74 Å². The summed E-state index contributed by atoms with van der Waals surface area (Å²) in [5, 5.41) is 4.62. The summed E-state index contributed by atoms with van der Waals surface area (Å²) in [5.74, 6) is 1.76. The number of ketones is 1. The molecule has 0 bridgehead atoms. The molecule has 174 valence electrons. The van der Waals surface area contributed by atoms with Gasteiger partial charge in [0, 0.05) is 10.3 Å². The predicted octanol–water partition coefficient (Wildman–Crippen LogP) is 4.09. The van der Waals surface area contributed by atoms with Crippen molar-refractivity contribution in [2.75, 3.05) is 32.5 Å². The quantitative estimate of drug-likeness (QED) is 0.278. The Kier molecular flexibility index (Phi) is 7.95. The molecule has 1 aromatic carbocycles. The summed E-state index contributed by atoms with van der Waals surface area (Å²) >= 11 is 2.84. The van der Waals surface area contributed by atoms with Crippen molar-refractivity contribution in [2.45, 2.75) is 37.8 Å². The Morgan fingerprint density at radius 1 is 1.15 bits per heavy atom. The molecule has 7 nitrogen and oxygen atoms in total. The molecule has 0 spiro atoms. The Bertz CT molecular complexity index is 1140. The Labute approximate surface area is 201 Å².